The van der Waals surface area contributed by atoms with Crippen LogP contribution < -0.4 is 10.5 Å². The highest BCUT2D eigenvalue weighted by Gasteiger charge is 2.24. The number of nitrogens with zero attached hydrogens (tertiary/aromatic N) is 3. The minimum Gasteiger partial charge on any atom is -0.399 e. The minimum atomic E-state index is -4.35. The first-order chi connectivity index (χ1) is 8.81. The molecule has 0 atom stereocenters. The molecule has 0 aliphatic rings. The zero-order valence-corrected chi connectivity index (χ0v) is 10.4. The Kier molecular flexibility index (Phi) is 3.10. The third-order valence-electron chi connectivity index (χ3n) is 2.24. The molecule has 0 unspecified atom stereocenters. The van der Waals surface area contributed by atoms with Crippen molar-refractivity contribution in [3.05, 3.63) is 30.1 Å². The number of nitrogens with one attached hydrogen (secondary N) is 1. The number of sulfonamides is 1. The van der Waals surface area contributed by atoms with Crippen LogP contribution in [-0.4, -0.2) is 23.2 Å². The second-order valence-electron chi connectivity index (χ2n) is 3.63. The molecule has 3 N–H and O–H groups in total. The summed E-state index contributed by atoms with van der Waals surface area (Å²) >= 11 is 0. The molecular formula is C9H9F2N5O2S. The zero-order chi connectivity index (χ0) is 14.2. The summed E-state index contributed by atoms with van der Waals surface area (Å²) < 4.78 is 53.6. The van der Waals surface area contributed by atoms with Crippen LogP contribution in [0.4, 0.5) is 20.4 Å². The van der Waals surface area contributed by atoms with E-state index in [4.69, 9.17) is 5.73 Å². The van der Waals surface area contributed by atoms with Crippen molar-refractivity contribution >= 4 is 21.7 Å². The Hall–Kier alpha value is -2.23. The molecule has 0 aliphatic heterocycles. The van der Waals surface area contributed by atoms with Crippen molar-refractivity contribution in [1.29, 1.82) is 0 Å². The predicted octanol–water partition coefficient (Wildman–Crippen LogP) is 0.476. The van der Waals surface area contributed by atoms with Gasteiger partial charge in [-0.1, -0.05) is 0 Å². The summed E-state index contributed by atoms with van der Waals surface area (Å²) in [6.07, 6.45) is 1.11. The number of halogens is 2. The van der Waals surface area contributed by atoms with Crippen molar-refractivity contribution in [1.82, 2.24) is 14.8 Å². The Labute approximate surface area is 107 Å². The second-order valence-corrected chi connectivity index (χ2v) is 5.28. The van der Waals surface area contributed by atoms with Crippen molar-refractivity contribution in [2.75, 3.05) is 10.5 Å². The number of nitrogens with two attached hydrogens (primary N) is 1. The van der Waals surface area contributed by atoms with Crippen LogP contribution in [-0.2, 0) is 17.1 Å². The first-order valence-electron chi connectivity index (χ1n) is 4.92. The number of benzene rings is 1. The van der Waals surface area contributed by atoms with E-state index < -0.39 is 26.6 Å². The van der Waals surface area contributed by atoms with E-state index >= 15 is 0 Å². The number of hydrogen-bond acceptors (Lipinski definition) is 5. The largest absolute Gasteiger partial charge is 0.399 e. The molecule has 7 nitrogen and oxygen atoms in total. The summed E-state index contributed by atoms with van der Waals surface area (Å²) in [4.78, 5) is 2.72. The van der Waals surface area contributed by atoms with Crippen LogP contribution in [0.1, 0.15) is 0 Å². The fourth-order valence-electron chi connectivity index (χ4n) is 1.34. The first-order valence-corrected chi connectivity index (χ1v) is 6.41. The Morgan fingerprint density at radius 1 is 1.37 bits per heavy atom. The first kappa shape index (κ1) is 13.2. The van der Waals surface area contributed by atoms with Crippen molar-refractivity contribution in [3.63, 3.8) is 0 Å². The average molecular weight is 289 g/mol. The standard InChI is InChI=1S/C9H9F2N5O2S/c1-16-9(13-4-14-16)15-19(17,18)7-3-5(12)2-6(10)8(7)11/h2-4H,12H2,1H3,(H,13,14,15). The van der Waals surface area contributed by atoms with Gasteiger partial charge >= 0.3 is 0 Å². The molecule has 0 saturated heterocycles. The summed E-state index contributed by atoms with van der Waals surface area (Å²) in [7, 11) is -2.92. The number of nitrogen functional groups attached to an aromatic ring is 1. The van der Waals surface area contributed by atoms with Gasteiger partial charge in [0, 0.05) is 12.7 Å². The van der Waals surface area contributed by atoms with Gasteiger partial charge < -0.3 is 5.73 Å². The lowest BCUT2D eigenvalue weighted by molar-refractivity contribution is 0.486. The highest BCUT2D eigenvalue weighted by atomic mass is 32.2. The van der Waals surface area contributed by atoms with Gasteiger partial charge in [0.1, 0.15) is 11.2 Å². The number of aromatic nitrogens is 3. The molecule has 0 aliphatic carbocycles. The smallest absolute Gasteiger partial charge is 0.267 e. The summed E-state index contributed by atoms with van der Waals surface area (Å²) in [5.41, 5.74) is 5.09. The van der Waals surface area contributed by atoms with Crippen molar-refractivity contribution < 1.29 is 17.2 Å². The molecule has 19 heavy (non-hydrogen) atoms. The summed E-state index contributed by atoms with van der Waals surface area (Å²) in [6, 6.07) is 1.51. The molecule has 10 heteroatoms. The third-order valence-corrected chi connectivity index (χ3v) is 3.57. The number of anilines is 2. The van der Waals surface area contributed by atoms with E-state index in [-0.39, 0.29) is 11.6 Å². The van der Waals surface area contributed by atoms with Gasteiger partial charge in [0.15, 0.2) is 11.6 Å². The summed E-state index contributed by atoms with van der Waals surface area (Å²) in [5, 5.41) is 3.64. The molecule has 102 valence electrons. The van der Waals surface area contributed by atoms with Crippen LogP contribution >= 0.6 is 0 Å². The van der Waals surface area contributed by atoms with Crippen LogP contribution in [0.2, 0.25) is 0 Å². The maximum Gasteiger partial charge on any atom is 0.267 e. The Morgan fingerprint density at radius 3 is 2.63 bits per heavy atom. The van der Waals surface area contributed by atoms with Gasteiger partial charge in [-0.2, -0.15) is 10.1 Å². The fraction of sp³-hybridized carbons (Fsp3) is 0.111. The second kappa shape index (κ2) is 4.46. The van der Waals surface area contributed by atoms with Crippen molar-refractivity contribution in [3.8, 4) is 0 Å². The lowest BCUT2D eigenvalue weighted by Gasteiger charge is -2.09. The van der Waals surface area contributed by atoms with Crippen LogP contribution in [0.15, 0.2) is 23.4 Å². The van der Waals surface area contributed by atoms with Crippen molar-refractivity contribution in [2.45, 2.75) is 4.90 Å². The molecule has 2 rings (SSSR count). The van der Waals surface area contributed by atoms with E-state index in [0.717, 1.165) is 17.1 Å². The molecule has 1 heterocycles. The van der Waals surface area contributed by atoms with Gasteiger partial charge in [0.25, 0.3) is 10.0 Å². The Morgan fingerprint density at radius 2 is 2.05 bits per heavy atom. The lowest BCUT2D eigenvalue weighted by atomic mass is 10.3. The van der Waals surface area contributed by atoms with E-state index in [1.54, 1.807) is 0 Å². The van der Waals surface area contributed by atoms with Gasteiger partial charge in [-0.25, -0.2) is 26.6 Å². The van der Waals surface area contributed by atoms with Gasteiger partial charge in [0.05, 0.1) is 0 Å². The predicted molar refractivity (Wildman–Crippen MR) is 62.6 cm³/mol. The quantitative estimate of drug-likeness (QED) is 0.800. The van der Waals surface area contributed by atoms with E-state index in [2.05, 4.69) is 10.1 Å². The SMILES string of the molecule is Cn1ncnc1NS(=O)(=O)c1cc(N)cc(F)c1F. The van der Waals surface area contributed by atoms with E-state index in [1.165, 1.54) is 7.05 Å². The monoisotopic (exact) mass is 289 g/mol. The molecular weight excluding hydrogens is 280 g/mol. The molecule has 2 aromatic rings. The third kappa shape index (κ3) is 2.47. The maximum absolute atomic E-state index is 13.5. The van der Waals surface area contributed by atoms with E-state index in [1.807, 2.05) is 4.72 Å². The molecule has 0 saturated carbocycles. The fourth-order valence-corrected chi connectivity index (χ4v) is 2.50. The highest BCUT2D eigenvalue weighted by Crippen LogP contribution is 2.22. The number of aryl methyl sites for hydroxylation is 1. The van der Waals surface area contributed by atoms with Gasteiger partial charge in [-0.15, -0.1) is 0 Å². The lowest BCUT2D eigenvalue weighted by Crippen LogP contribution is -2.18. The number of rotatable bonds is 3. The van der Waals surface area contributed by atoms with Gasteiger partial charge in [0.2, 0.25) is 5.95 Å². The molecule has 0 fully saturated rings. The zero-order valence-electron chi connectivity index (χ0n) is 9.63. The molecule has 0 spiro atoms. The van der Waals surface area contributed by atoms with Crippen LogP contribution in [0, 0.1) is 11.6 Å². The van der Waals surface area contributed by atoms with Gasteiger partial charge in [-0.05, 0) is 12.1 Å². The van der Waals surface area contributed by atoms with Crippen molar-refractivity contribution in [2.24, 2.45) is 7.05 Å². The topological polar surface area (TPSA) is 103 Å². The molecule has 0 radical (unpaired) electrons. The van der Waals surface area contributed by atoms with Gasteiger partial charge in [-0.3, -0.25) is 0 Å². The Bertz CT molecular complexity index is 728. The maximum atomic E-state index is 13.5. The van der Waals surface area contributed by atoms with Crippen LogP contribution in [0.25, 0.3) is 0 Å². The molecule has 0 amide bonds. The average Bonchev–Trinajstić information content (AvgIpc) is 2.69. The van der Waals surface area contributed by atoms with E-state index in [0.29, 0.717) is 6.07 Å². The van der Waals surface area contributed by atoms with Crippen LogP contribution in [0.5, 0.6) is 0 Å². The normalized spacial score (nSPS) is 11.5. The number of hydrogen-bond donors (Lipinski definition) is 2. The minimum absolute atomic E-state index is 0.137. The summed E-state index contributed by atoms with van der Waals surface area (Å²) in [6.45, 7) is 0. The van der Waals surface area contributed by atoms with Crippen LogP contribution in [0.3, 0.4) is 0 Å². The molecule has 0 bridgehead atoms. The molecule has 1 aromatic carbocycles. The summed E-state index contributed by atoms with van der Waals surface area (Å²) in [5.74, 6) is -3.00. The highest BCUT2D eigenvalue weighted by molar-refractivity contribution is 7.92. The molecule has 1 aromatic heterocycles. The Balaban J connectivity index is 2.49. The van der Waals surface area contributed by atoms with E-state index in [9.17, 15) is 17.2 Å².